The first-order valence-corrected chi connectivity index (χ1v) is 7.38. The van der Waals surface area contributed by atoms with Crippen LogP contribution in [0.1, 0.15) is 58.6 Å². The molecule has 19 heavy (non-hydrogen) atoms. The van der Waals surface area contributed by atoms with Crippen molar-refractivity contribution >= 4 is 0 Å². The second-order valence-electron chi connectivity index (χ2n) is 7.02. The van der Waals surface area contributed by atoms with E-state index in [1.807, 2.05) is 12.1 Å². The van der Waals surface area contributed by atoms with E-state index >= 15 is 0 Å². The fraction of sp³-hybridized carbons (Fsp3) is 0.647. The Morgan fingerprint density at radius 3 is 2.58 bits per heavy atom. The first-order valence-electron chi connectivity index (χ1n) is 7.38. The Hall–Kier alpha value is -0.890. The molecule has 3 unspecified atom stereocenters. The second-order valence-corrected chi connectivity index (χ2v) is 7.02. The second kappa shape index (κ2) is 5.62. The lowest BCUT2D eigenvalue weighted by Gasteiger charge is -2.40. The summed E-state index contributed by atoms with van der Waals surface area (Å²) >= 11 is 0. The molecule has 106 valence electrons. The van der Waals surface area contributed by atoms with Crippen LogP contribution in [0.2, 0.25) is 0 Å². The average molecular weight is 263 g/mol. The molecule has 1 saturated carbocycles. The van der Waals surface area contributed by atoms with E-state index in [1.54, 1.807) is 12.1 Å². The predicted molar refractivity (Wildman–Crippen MR) is 78.5 cm³/mol. The van der Waals surface area contributed by atoms with E-state index in [1.165, 1.54) is 19.3 Å². The lowest BCUT2D eigenvalue weighted by atomic mass is 9.70. The zero-order valence-corrected chi connectivity index (χ0v) is 12.5. The molecule has 1 aliphatic rings. The van der Waals surface area contributed by atoms with Gasteiger partial charge in [-0.3, -0.25) is 0 Å². The molecule has 0 bridgehead atoms. The Labute approximate surface area is 116 Å². The summed E-state index contributed by atoms with van der Waals surface area (Å²) in [6, 6.07) is 7.65. The van der Waals surface area contributed by atoms with Crippen molar-refractivity contribution in [2.24, 2.45) is 11.3 Å². The standard InChI is InChI=1S/C17H26FN/c1-12-9-14(11-17(3,4)10-12)19-13(2)15-7-5-6-8-16(15)18/h5-8,12-14,19H,9-11H2,1-4H3. The quantitative estimate of drug-likeness (QED) is 0.834. The topological polar surface area (TPSA) is 12.0 Å². The van der Waals surface area contributed by atoms with Gasteiger partial charge in [0.05, 0.1) is 0 Å². The third-order valence-electron chi connectivity index (χ3n) is 4.24. The lowest BCUT2D eigenvalue weighted by Crippen LogP contribution is -2.41. The molecule has 2 heteroatoms. The molecule has 1 aromatic carbocycles. The first kappa shape index (κ1) is 14.5. The molecular formula is C17H26FN. The summed E-state index contributed by atoms with van der Waals surface area (Å²) in [5.74, 6) is 0.639. The maximum absolute atomic E-state index is 13.8. The van der Waals surface area contributed by atoms with Crippen LogP contribution in [0.15, 0.2) is 24.3 Å². The third kappa shape index (κ3) is 3.79. The highest BCUT2D eigenvalue weighted by Crippen LogP contribution is 2.39. The minimum absolute atomic E-state index is 0.0762. The number of halogens is 1. The van der Waals surface area contributed by atoms with Crippen molar-refractivity contribution in [1.29, 1.82) is 0 Å². The highest BCUT2D eigenvalue weighted by molar-refractivity contribution is 5.20. The fourth-order valence-corrected chi connectivity index (χ4v) is 3.74. The van der Waals surface area contributed by atoms with Crippen molar-refractivity contribution in [3.63, 3.8) is 0 Å². The largest absolute Gasteiger partial charge is 0.307 e. The van der Waals surface area contributed by atoms with Gasteiger partial charge in [0.15, 0.2) is 0 Å². The van der Waals surface area contributed by atoms with Crippen molar-refractivity contribution in [3.8, 4) is 0 Å². The minimum atomic E-state index is -0.106. The summed E-state index contributed by atoms with van der Waals surface area (Å²) in [6.07, 6.45) is 3.66. The number of rotatable bonds is 3. The van der Waals surface area contributed by atoms with E-state index in [0.29, 0.717) is 11.5 Å². The maximum Gasteiger partial charge on any atom is 0.127 e. The molecule has 0 saturated heterocycles. The van der Waals surface area contributed by atoms with Gasteiger partial charge in [-0.05, 0) is 43.6 Å². The Balaban J connectivity index is 2.03. The van der Waals surface area contributed by atoms with Crippen LogP contribution in [0.5, 0.6) is 0 Å². The van der Waals surface area contributed by atoms with Gasteiger partial charge in [0.1, 0.15) is 5.82 Å². The van der Waals surface area contributed by atoms with Crippen molar-refractivity contribution in [2.45, 2.75) is 59.0 Å². The third-order valence-corrected chi connectivity index (χ3v) is 4.24. The van der Waals surface area contributed by atoms with Crippen LogP contribution in [0, 0.1) is 17.2 Å². The Bertz CT molecular complexity index is 427. The Morgan fingerprint density at radius 1 is 1.26 bits per heavy atom. The molecular weight excluding hydrogens is 237 g/mol. The highest BCUT2D eigenvalue weighted by Gasteiger charge is 2.32. The van der Waals surface area contributed by atoms with Crippen LogP contribution in [0.25, 0.3) is 0 Å². The van der Waals surface area contributed by atoms with Crippen molar-refractivity contribution < 1.29 is 4.39 Å². The van der Waals surface area contributed by atoms with E-state index in [9.17, 15) is 4.39 Å². The molecule has 1 aliphatic carbocycles. The van der Waals surface area contributed by atoms with Gasteiger partial charge < -0.3 is 5.32 Å². The molecule has 2 rings (SSSR count). The van der Waals surface area contributed by atoms with Gasteiger partial charge in [-0.2, -0.15) is 0 Å². The van der Waals surface area contributed by atoms with E-state index in [0.717, 1.165) is 11.5 Å². The summed E-state index contributed by atoms with van der Waals surface area (Å²) in [4.78, 5) is 0. The van der Waals surface area contributed by atoms with Crippen LogP contribution < -0.4 is 5.32 Å². The molecule has 1 nitrogen and oxygen atoms in total. The molecule has 0 aromatic heterocycles. The smallest absolute Gasteiger partial charge is 0.127 e. The van der Waals surface area contributed by atoms with Crippen LogP contribution in [-0.4, -0.2) is 6.04 Å². The van der Waals surface area contributed by atoms with Crippen molar-refractivity contribution in [3.05, 3.63) is 35.6 Å². The zero-order valence-electron chi connectivity index (χ0n) is 12.5. The summed E-state index contributed by atoms with van der Waals surface area (Å²) < 4.78 is 13.8. The highest BCUT2D eigenvalue weighted by atomic mass is 19.1. The predicted octanol–water partition coefficient (Wildman–Crippen LogP) is 4.69. The summed E-state index contributed by atoms with van der Waals surface area (Å²) in [6.45, 7) is 9.06. The van der Waals surface area contributed by atoms with Gasteiger partial charge >= 0.3 is 0 Å². The molecule has 1 N–H and O–H groups in total. The Kier molecular flexibility index (Phi) is 4.29. The molecule has 0 aliphatic heterocycles. The van der Waals surface area contributed by atoms with Gasteiger partial charge in [-0.25, -0.2) is 4.39 Å². The van der Waals surface area contributed by atoms with Crippen LogP contribution in [-0.2, 0) is 0 Å². The molecule has 0 radical (unpaired) electrons. The van der Waals surface area contributed by atoms with Crippen LogP contribution in [0.4, 0.5) is 4.39 Å². The summed E-state index contributed by atoms with van der Waals surface area (Å²) in [5.41, 5.74) is 1.17. The summed E-state index contributed by atoms with van der Waals surface area (Å²) in [7, 11) is 0. The van der Waals surface area contributed by atoms with Gasteiger partial charge in [-0.1, -0.05) is 39.0 Å². The van der Waals surface area contributed by atoms with E-state index in [2.05, 4.69) is 33.0 Å². The molecule has 1 aromatic rings. The number of benzene rings is 1. The number of nitrogens with one attached hydrogen (secondary N) is 1. The Morgan fingerprint density at radius 2 is 1.95 bits per heavy atom. The average Bonchev–Trinajstić information content (AvgIpc) is 2.26. The monoisotopic (exact) mass is 263 g/mol. The van der Waals surface area contributed by atoms with Crippen molar-refractivity contribution in [2.75, 3.05) is 0 Å². The van der Waals surface area contributed by atoms with Gasteiger partial charge in [-0.15, -0.1) is 0 Å². The van der Waals surface area contributed by atoms with Crippen LogP contribution >= 0.6 is 0 Å². The minimum Gasteiger partial charge on any atom is -0.307 e. The maximum atomic E-state index is 13.8. The zero-order chi connectivity index (χ0) is 14.0. The number of hydrogen-bond donors (Lipinski definition) is 1. The summed E-state index contributed by atoms with van der Waals surface area (Å²) in [5, 5.41) is 3.62. The number of hydrogen-bond acceptors (Lipinski definition) is 1. The molecule has 0 amide bonds. The van der Waals surface area contributed by atoms with Gasteiger partial charge in [0.2, 0.25) is 0 Å². The van der Waals surface area contributed by atoms with Gasteiger partial charge in [0, 0.05) is 17.6 Å². The molecule has 1 fully saturated rings. The SMILES string of the molecule is CC1CC(NC(C)c2ccccc2F)CC(C)(C)C1. The van der Waals surface area contributed by atoms with Crippen molar-refractivity contribution in [1.82, 2.24) is 5.32 Å². The lowest BCUT2D eigenvalue weighted by molar-refractivity contribution is 0.145. The van der Waals surface area contributed by atoms with E-state index in [-0.39, 0.29) is 11.9 Å². The van der Waals surface area contributed by atoms with Gasteiger partial charge in [0.25, 0.3) is 0 Å². The first-order chi connectivity index (χ1) is 8.87. The molecule has 0 heterocycles. The fourth-order valence-electron chi connectivity index (χ4n) is 3.74. The van der Waals surface area contributed by atoms with Crippen LogP contribution in [0.3, 0.4) is 0 Å². The molecule has 3 atom stereocenters. The molecule has 0 spiro atoms. The van der Waals surface area contributed by atoms with E-state index < -0.39 is 0 Å². The normalized spacial score (nSPS) is 28.1. The van der Waals surface area contributed by atoms with E-state index in [4.69, 9.17) is 0 Å².